The molecule has 2 heterocycles. The van der Waals surface area contributed by atoms with Crippen molar-refractivity contribution in [3.63, 3.8) is 0 Å². The zero-order chi connectivity index (χ0) is 20.4. The monoisotopic (exact) mass is 410 g/mol. The van der Waals surface area contributed by atoms with E-state index in [-0.39, 0.29) is 11.7 Å². The molecule has 0 radical (unpaired) electrons. The molecule has 2 aromatic rings. The van der Waals surface area contributed by atoms with Gasteiger partial charge in [-0.05, 0) is 36.1 Å². The number of hydrogen-bond donors (Lipinski definition) is 0. The topological polar surface area (TPSA) is 68.1 Å². The quantitative estimate of drug-likeness (QED) is 0.717. The Kier molecular flexibility index (Phi) is 5.85. The molecule has 2 aliphatic rings. The van der Waals surface area contributed by atoms with Crippen LogP contribution < -0.4 is 5.01 Å². The minimum Gasteiger partial charge on any atom is -0.294 e. The lowest BCUT2D eigenvalue weighted by molar-refractivity contribution is -0.119. The Morgan fingerprint density at radius 2 is 1.79 bits per heavy atom. The highest BCUT2D eigenvalue weighted by Crippen LogP contribution is 2.40. The maximum absolute atomic E-state index is 12.9. The molecule has 152 valence electrons. The van der Waals surface area contributed by atoms with Gasteiger partial charge in [0.05, 0.1) is 10.6 Å². The van der Waals surface area contributed by atoms with Gasteiger partial charge in [0.15, 0.2) is 5.78 Å². The van der Waals surface area contributed by atoms with Gasteiger partial charge in [0.25, 0.3) is 0 Å². The van der Waals surface area contributed by atoms with Gasteiger partial charge in [0.2, 0.25) is 11.1 Å². The first kappa shape index (κ1) is 19.9. The molecule has 0 unspecified atom stereocenters. The van der Waals surface area contributed by atoms with Gasteiger partial charge >= 0.3 is 0 Å². The van der Waals surface area contributed by atoms with Crippen LogP contribution in [-0.4, -0.2) is 26.6 Å². The number of amides is 1. The van der Waals surface area contributed by atoms with Crippen LogP contribution in [0.4, 0.5) is 0 Å². The highest BCUT2D eigenvalue weighted by Gasteiger charge is 2.34. The van der Waals surface area contributed by atoms with Crippen molar-refractivity contribution in [2.45, 2.75) is 69.9 Å². The predicted molar refractivity (Wildman–Crippen MR) is 114 cm³/mol. The molecule has 0 saturated heterocycles. The van der Waals surface area contributed by atoms with Crippen LogP contribution in [0, 0.1) is 0 Å². The Morgan fingerprint density at radius 1 is 1.07 bits per heavy atom. The number of aromatic nitrogens is 3. The third kappa shape index (κ3) is 3.75. The molecule has 4 rings (SSSR count). The standard InChI is InChI=1S/C22H26N4O2S/c1-3-18(27)21-20(26(19(28)4-2)25-14-23-24-22(25)29-21)17-12-10-16(11-13-17)15-8-6-5-7-9-15/h10-15H,3-9H2,1-2H3. The number of carbonyl (C=O) groups is 2. The zero-order valence-corrected chi connectivity index (χ0v) is 17.7. The predicted octanol–water partition coefficient (Wildman–Crippen LogP) is 4.65. The average Bonchev–Trinajstić information content (AvgIpc) is 3.26. The molecule has 1 aliphatic carbocycles. The maximum Gasteiger partial charge on any atom is 0.246 e. The van der Waals surface area contributed by atoms with Crippen LogP contribution in [0.2, 0.25) is 0 Å². The van der Waals surface area contributed by atoms with Crippen LogP contribution in [0.25, 0.3) is 5.70 Å². The Bertz CT molecular complexity index is 942. The van der Waals surface area contributed by atoms with Gasteiger partial charge in [0, 0.05) is 18.4 Å². The molecule has 1 aromatic heterocycles. The third-order valence-electron chi connectivity index (χ3n) is 5.71. The average molecular weight is 411 g/mol. The highest BCUT2D eigenvalue weighted by atomic mass is 32.2. The molecule has 0 N–H and O–H groups in total. The fourth-order valence-electron chi connectivity index (χ4n) is 4.11. The van der Waals surface area contributed by atoms with E-state index >= 15 is 0 Å². The second kappa shape index (κ2) is 8.53. The van der Waals surface area contributed by atoms with E-state index in [1.165, 1.54) is 55.8 Å². The van der Waals surface area contributed by atoms with Gasteiger partial charge in [-0.3, -0.25) is 9.59 Å². The zero-order valence-electron chi connectivity index (χ0n) is 16.9. The SMILES string of the molecule is CCC(=O)C1=C(c2ccc(C3CCCCC3)cc2)N(C(=O)CC)n2cnnc2S1. The summed E-state index contributed by atoms with van der Waals surface area (Å²) in [6.07, 6.45) is 8.60. The van der Waals surface area contributed by atoms with Crippen molar-refractivity contribution in [3.8, 4) is 0 Å². The number of allylic oxidation sites excluding steroid dienone is 1. The molecule has 1 saturated carbocycles. The van der Waals surface area contributed by atoms with Gasteiger partial charge < -0.3 is 0 Å². The number of hydrogen-bond acceptors (Lipinski definition) is 5. The second-order valence-electron chi connectivity index (χ2n) is 7.53. The second-order valence-corrected chi connectivity index (χ2v) is 8.51. The van der Waals surface area contributed by atoms with Crippen LogP contribution in [0.5, 0.6) is 0 Å². The number of benzene rings is 1. The van der Waals surface area contributed by atoms with E-state index in [4.69, 9.17) is 0 Å². The number of Topliss-reactive ketones (excluding diaryl/α,β-unsaturated/α-hetero) is 1. The molecule has 1 fully saturated rings. The molecule has 29 heavy (non-hydrogen) atoms. The van der Waals surface area contributed by atoms with Crippen molar-refractivity contribution in [2.75, 3.05) is 5.01 Å². The Hall–Kier alpha value is -2.41. The number of thioether (sulfide) groups is 1. The fraction of sp³-hybridized carbons (Fsp3) is 0.455. The molecule has 0 bridgehead atoms. The Balaban J connectivity index is 1.78. The van der Waals surface area contributed by atoms with Gasteiger partial charge in [-0.25, -0.2) is 9.69 Å². The van der Waals surface area contributed by atoms with Crippen molar-refractivity contribution in [2.24, 2.45) is 0 Å². The molecule has 0 atom stereocenters. The normalized spacial score (nSPS) is 17.4. The summed E-state index contributed by atoms with van der Waals surface area (Å²) in [6, 6.07) is 8.42. The summed E-state index contributed by atoms with van der Waals surface area (Å²) >= 11 is 1.29. The summed E-state index contributed by atoms with van der Waals surface area (Å²) in [4.78, 5) is 26.2. The van der Waals surface area contributed by atoms with E-state index in [1.807, 2.05) is 26.0 Å². The first-order valence-electron chi connectivity index (χ1n) is 10.4. The highest BCUT2D eigenvalue weighted by molar-refractivity contribution is 8.04. The summed E-state index contributed by atoms with van der Waals surface area (Å²) in [6.45, 7) is 3.66. The lowest BCUT2D eigenvalue weighted by atomic mass is 9.84. The minimum absolute atomic E-state index is 0.00418. The van der Waals surface area contributed by atoms with E-state index in [0.717, 1.165) is 5.56 Å². The summed E-state index contributed by atoms with van der Waals surface area (Å²) < 4.78 is 1.65. The fourth-order valence-corrected chi connectivity index (χ4v) is 5.17. The smallest absolute Gasteiger partial charge is 0.246 e. The lowest BCUT2D eigenvalue weighted by Crippen LogP contribution is -2.41. The number of rotatable bonds is 5. The number of carbonyl (C=O) groups excluding carboxylic acids is 2. The molecule has 1 aromatic carbocycles. The number of ketones is 1. The maximum atomic E-state index is 12.9. The van der Waals surface area contributed by atoms with Crippen LogP contribution in [0.1, 0.15) is 75.8 Å². The van der Waals surface area contributed by atoms with Crippen LogP contribution in [0.3, 0.4) is 0 Å². The lowest BCUT2D eigenvalue weighted by Gasteiger charge is -2.32. The number of fused-ring (bicyclic) bond motifs is 1. The first-order valence-corrected chi connectivity index (χ1v) is 11.2. The van der Waals surface area contributed by atoms with Crippen molar-refractivity contribution in [1.29, 1.82) is 0 Å². The van der Waals surface area contributed by atoms with E-state index in [9.17, 15) is 9.59 Å². The van der Waals surface area contributed by atoms with Gasteiger partial charge in [-0.15, -0.1) is 10.2 Å². The van der Waals surface area contributed by atoms with Crippen molar-refractivity contribution < 1.29 is 9.59 Å². The van der Waals surface area contributed by atoms with Gasteiger partial charge in [-0.1, -0.05) is 57.4 Å². The summed E-state index contributed by atoms with van der Waals surface area (Å²) in [5, 5.41) is 10.1. The third-order valence-corrected chi connectivity index (χ3v) is 6.79. The molecular formula is C22H26N4O2S. The van der Waals surface area contributed by atoms with Crippen LogP contribution in [-0.2, 0) is 9.59 Å². The first-order chi connectivity index (χ1) is 14.1. The largest absolute Gasteiger partial charge is 0.294 e. The number of nitrogens with zero attached hydrogens (tertiary/aromatic N) is 4. The van der Waals surface area contributed by atoms with Crippen LogP contribution >= 0.6 is 11.8 Å². The Labute approximate surface area is 175 Å². The van der Waals surface area contributed by atoms with Gasteiger partial charge in [-0.2, -0.15) is 0 Å². The Morgan fingerprint density at radius 3 is 2.45 bits per heavy atom. The van der Waals surface area contributed by atoms with Crippen molar-refractivity contribution in [1.82, 2.24) is 14.9 Å². The van der Waals surface area contributed by atoms with E-state index in [0.29, 0.717) is 34.5 Å². The van der Waals surface area contributed by atoms with Crippen molar-refractivity contribution in [3.05, 3.63) is 46.6 Å². The molecule has 6 nitrogen and oxygen atoms in total. The van der Waals surface area contributed by atoms with E-state index in [1.54, 1.807) is 9.69 Å². The molecule has 0 spiro atoms. The van der Waals surface area contributed by atoms with Gasteiger partial charge in [0.1, 0.15) is 6.33 Å². The summed E-state index contributed by atoms with van der Waals surface area (Å²) in [5.74, 6) is 0.519. The van der Waals surface area contributed by atoms with E-state index in [2.05, 4.69) is 22.3 Å². The van der Waals surface area contributed by atoms with E-state index < -0.39 is 0 Å². The van der Waals surface area contributed by atoms with Crippen molar-refractivity contribution >= 4 is 29.1 Å². The summed E-state index contributed by atoms with van der Waals surface area (Å²) in [7, 11) is 0. The molecular weight excluding hydrogens is 384 g/mol. The molecule has 1 amide bonds. The molecule has 7 heteroatoms. The minimum atomic E-state index is -0.0980. The van der Waals surface area contributed by atoms with Crippen LogP contribution in [0.15, 0.2) is 40.7 Å². The summed E-state index contributed by atoms with van der Waals surface area (Å²) in [5.41, 5.74) is 2.85. The molecule has 1 aliphatic heterocycles.